The predicted molar refractivity (Wildman–Crippen MR) is 151 cm³/mol. The summed E-state index contributed by atoms with van der Waals surface area (Å²) in [4.78, 5) is 63.4. The van der Waals surface area contributed by atoms with Crippen molar-refractivity contribution >= 4 is 53.0 Å². The summed E-state index contributed by atoms with van der Waals surface area (Å²) in [5.74, 6) is -4.55. The van der Waals surface area contributed by atoms with E-state index in [0.717, 1.165) is 0 Å². The number of hydrogen-bond acceptors (Lipinski definition) is 12. The minimum atomic E-state index is -1.52. The van der Waals surface area contributed by atoms with Gasteiger partial charge in [-0.2, -0.15) is 0 Å². The number of non-ortho nitro benzene ring substituents is 1. The van der Waals surface area contributed by atoms with Crippen LogP contribution in [0.25, 0.3) is 0 Å². The molecule has 2 unspecified atom stereocenters. The standard InChI is InChI=1S/C26H23N7O8S2/c1-31-26(28-29-30-31)43-13-16-12-42-23-19(27-21(34)18(24(36)37)15-5-3-2-4-6-15)22(35)32(23)20(16)25(38)41-11-14-7-9-17(10-8-14)33(39)40/h2-10,18-19,23H,11-13H2,1H3,(H,27,34)(H,36,37)/t18?,19?,23-/m0/s1. The third kappa shape index (κ3) is 6.21. The second-order valence-electron chi connectivity index (χ2n) is 9.40. The summed E-state index contributed by atoms with van der Waals surface area (Å²) in [7, 11) is 1.66. The number of esters is 1. The maximum Gasteiger partial charge on any atom is 0.355 e. The zero-order valence-corrected chi connectivity index (χ0v) is 24.0. The van der Waals surface area contributed by atoms with E-state index in [1.807, 2.05) is 0 Å². The number of rotatable bonds is 11. The van der Waals surface area contributed by atoms with Crippen molar-refractivity contribution < 1.29 is 33.9 Å². The van der Waals surface area contributed by atoms with Crippen LogP contribution in [0.15, 0.2) is 71.0 Å². The van der Waals surface area contributed by atoms with Crippen molar-refractivity contribution in [1.29, 1.82) is 0 Å². The molecule has 2 aliphatic heterocycles. The summed E-state index contributed by atoms with van der Waals surface area (Å²) < 4.78 is 6.97. The average Bonchev–Trinajstić information content (AvgIpc) is 3.41. The molecule has 3 heterocycles. The minimum Gasteiger partial charge on any atom is -0.480 e. The Balaban J connectivity index is 1.35. The summed E-state index contributed by atoms with van der Waals surface area (Å²) in [5.41, 5.74) is 1.25. The van der Waals surface area contributed by atoms with Crippen molar-refractivity contribution in [2.45, 2.75) is 29.1 Å². The number of aryl methyl sites for hydroxylation is 1. The molecule has 0 radical (unpaired) electrons. The summed E-state index contributed by atoms with van der Waals surface area (Å²) >= 11 is 2.57. The van der Waals surface area contributed by atoms with E-state index in [2.05, 4.69) is 20.8 Å². The van der Waals surface area contributed by atoms with Gasteiger partial charge in [-0.3, -0.25) is 29.4 Å². The molecule has 43 heavy (non-hydrogen) atoms. The summed E-state index contributed by atoms with van der Waals surface area (Å²) in [5, 5.41) is 34.3. The number of aromatic nitrogens is 4. The molecular weight excluding hydrogens is 602 g/mol. The second kappa shape index (κ2) is 12.6. The molecule has 0 bridgehead atoms. The van der Waals surface area contributed by atoms with Crippen LogP contribution in [0.2, 0.25) is 0 Å². The number of carboxylic acids is 1. The number of benzene rings is 2. The van der Waals surface area contributed by atoms with Crippen LogP contribution < -0.4 is 5.32 Å². The number of carbonyl (C=O) groups excluding carboxylic acids is 3. The van der Waals surface area contributed by atoms with E-state index >= 15 is 0 Å². The first kappa shape index (κ1) is 29.7. The number of nitro groups is 1. The Labute approximate surface area is 251 Å². The first-order valence-electron chi connectivity index (χ1n) is 12.7. The Kier molecular flexibility index (Phi) is 8.72. The fraction of sp³-hybridized carbons (Fsp3) is 0.269. The van der Waals surface area contributed by atoms with Gasteiger partial charge in [-0.25, -0.2) is 9.48 Å². The highest BCUT2D eigenvalue weighted by Gasteiger charge is 2.55. The number of nitro benzene ring substituents is 1. The monoisotopic (exact) mass is 625 g/mol. The van der Waals surface area contributed by atoms with Crippen LogP contribution in [0.4, 0.5) is 5.69 Å². The van der Waals surface area contributed by atoms with Crippen molar-refractivity contribution in [3.8, 4) is 0 Å². The van der Waals surface area contributed by atoms with Crippen LogP contribution >= 0.6 is 23.5 Å². The fourth-order valence-corrected chi connectivity index (χ4v) is 6.83. The van der Waals surface area contributed by atoms with Gasteiger partial charge in [-0.05, 0) is 39.3 Å². The van der Waals surface area contributed by atoms with Gasteiger partial charge < -0.3 is 15.2 Å². The molecule has 1 aromatic heterocycles. The van der Waals surface area contributed by atoms with E-state index in [4.69, 9.17) is 4.74 Å². The number of carbonyl (C=O) groups is 4. The van der Waals surface area contributed by atoms with Crippen LogP contribution in [0.5, 0.6) is 0 Å². The Morgan fingerprint density at radius 1 is 1.21 bits per heavy atom. The average molecular weight is 626 g/mol. The number of amides is 2. The number of thioether (sulfide) groups is 2. The van der Waals surface area contributed by atoms with Crippen molar-refractivity contribution in [1.82, 2.24) is 30.4 Å². The molecule has 1 fully saturated rings. The maximum absolute atomic E-state index is 13.4. The number of aliphatic carboxylic acids is 1. The lowest BCUT2D eigenvalue weighted by molar-refractivity contribution is -0.384. The molecule has 1 saturated heterocycles. The van der Waals surface area contributed by atoms with Gasteiger partial charge in [0.15, 0.2) is 5.92 Å². The molecule has 222 valence electrons. The molecule has 0 spiro atoms. The minimum absolute atomic E-state index is 0.0154. The van der Waals surface area contributed by atoms with E-state index in [0.29, 0.717) is 22.0 Å². The first-order valence-corrected chi connectivity index (χ1v) is 14.7. The van der Waals surface area contributed by atoms with Gasteiger partial charge in [-0.1, -0.05) is 42.1 Å². The largest absolute Gasteiger partial charge is 0.480 e. The number of β-lactam (4-membered cyclic amide) rings is 1. The van der Waals surface area contributed by atoms with E-state index < -0.39 is 46.0 Å². The quantitative estimate of drug-likeness (QED) is 0.0776. The zero-order valence-electron chi connectivity index (χ0n) is 22.4. The van der Waals surface area contributed by atoms with Gasteiger partial charge in [0.2, 0.25) is 11.1 Å². The van der Waals surface area contributed by atoms with Gasteiger partial charge in [0.05, 0.1) is 4.92 Å². The van der Waals surface area contributed by atoms with Gasteiger partial charge >= 0.3 is 11.9 Å². The maximum atomic E-state index is 13.4. The number of hydrogen-bond donors (Lipinski definition) is 2. The molecule has 2 aromatic carbocycles. The van der Waals surface area contributed by atoms with E-state index in [1.165, 1.54) is 69.5 Å². The highest BCUT2D eigenvalue weighted by molar-refractivity contribution is 8.01. The van der Waals surface area contributed by atoms with E-state index in [1.54, 1.807) is 25.2 Å². The number of carboxylic acid groups (broad SMARTS) is 1. The van der Waals surface area contributed by atoms with Gasteiger partial charge in [0, 0.05) is 30.7 Å². The summed E-state index contributed by atoms with van der Waals surface area (Å²) in [6.45, 7) is -0.203. The number of ether oxygens (including phenoxy) is 1. The van der Waals surface area contributed by atoms with Crippen LogP contribution in [-0.2, 0) is 37.6 Å². The Morgan fingerprint density at radius 2 is 1.93 bits per heavy atom. The summed E-state index contributed by atoms with van der Waals surface area (Å²) in [6, 6.07) is 12.4. The Bertz CT molecular complexity index is 1610. The van der Waals surface area contributed by atoms with Crippen molar-refractivity contribution in [3.63, 3.8) is 0 Å². The molecule has 15 nitrogen and oxygen atoms in total. The van der Waals surface area contributed by atoms with E-state index in [9.17, 15) is 34.4 Å². The second-order valence-corrected chi connectivity index (χ2v) is 11.5. The first-order chi connectivity index (χ1) is 20.7. The lowest BCUT2D eigenvalue weighted by Gasteiger charge is -2.49. The third-order valence-corrected chi connectivity index (χ3v) is 9.09. The van der Waals surface area contributed by atoms with Crippen LogP contribution in [-0.4, -0.2) is 81.8 Å². The van der Waals surface area contributed by atoms with Gasteiger partial charge in [0.1, 0.15) is 23.7 Å². The van der Waals surface area contributed by atoms with Crippen molar-refractivity contribution in [3.05, 3.63) is 87.1 Å². The number of fused-ring (bicyclic) bond motifs is 1. The lowest BCUT2D eigenvalue weighted by atomic mass is 9.96. The molecule has 0 saturated carbocycles. The highest BCUT2D eigenvalue weighted by atomic mass is 32.2. The van der Waals surface area contributed by atoms with Gasteiger partial charge in [-0.15, -0.1) is 16.9 Å². The zero-order chi connectivity index (χ0) is 30.7. The number of tetrazole rings is 1. The molecule has 17 heteroatoms. The number of nitrogens with zero attached hydrogens (tertiary/aromatic N) is 6. The molecule has 3 atom stereocenters. The third-order valence-electron chi connectivity index (χ3n) is 6.65. The normalized spacial score (nSPS) is 18.3. The molecule has 0 aliphatic carbocycles. The fourth-order valence-electron chi connectivity index (χ4n) is 4.50. The molecule has 2 N–H and O–H groups in total. The molecule has 2 amide bonds. The lowest BCUT2D eigenvalue weighted by Crippen LogP contribution is -2.71. The van der Waals surface area contributed by atoms with E-state index in [-0.39, 0.29) is 29.3 Å². The molecular formula is C26H23N7O8S2. The molecule has 3 aromatic rings. The van der Waals surface area contributed by atoms with Gasteiger partial charge in [0.25, 0.3) is 11.6 Å². The van der Waals surface area contributed by atoms with Crippen molar-refractivity contribution in [2.24, 2.45) is 7.05 Å². The van der Waals surface area contributed by atoms with Crippen molar-refractivity contribution in [2.75, 3.05) is 11.5 Å². The Morgan fingerprint density at radius 3 is 2.56 bits per heavy atom. The molecule has 2 aliphatic rings. The SMILES string of the molecule is Cn1nnnc1SCC1=C(C(=O)OCc2ccc([N+](=O)[O-])cc2)N2C(=O)C(NC(=O)C(C(=O)O)c3ccccc3)[C@@H]2SC1. The molecule has 5 rings (SSSR count). The topological polar surface area (TPSA) is 200 Å². The predicted octanol–water partition coefficient (Wildman–Crippen LogP) is 1.48. The smallest absolute Gasteiger partial charge is 0.355 e. The summed E-state index contributed by atoms with van der Waals surface area (Å²) in [6.07, 6.45) is 0. The number of nitrogens with one attached hydrogen (secondary N) is 1. The Hall–Kier alpha value is -4.77. The van der Waals surface area contributed by atoms with Crippen LogP contribution in [0, 0.1) is 10.1 Å². The van der Waals surface area contributed by atoms with Crippen LogP contribution in [0.3, 0.4) is 0 Å². The highest BCUT2D eigenvalue weighted by Crippen LogP contribution is 2.42. The van der Waals surface area contributed by atoms with Crippen LogP contribution in [0.1, 0.15) is 17.0 Å².